The van der Waals surface area contributed by atoms with Crippen LogP contribution in [0.15, 0.2) is 18.2 Å². The Morgan fingerprint density at radius 2 is 2.27 bits per heavy atom. The summed E-state index contributed by atoms with van der Waals surface area (Å²) in [6.45, 7) is 1.90. The van der Waals surface area contributed by atoms with Crippen LogP contribution in [0.1, 0.15) is 0 Å². The average Bonchev–Trinajstić information content (AvgIpc) is 1.95. The molecule has 51 valence electrons. The summed E-state index contributed by atoms with van der Waals surface area (Å²) in [5.41, 5.74) is 0.974. The van der Waals surface area contributed by atoms with Gasteiger partial charge in [-0.25, -0.2) is 15.6 Å². The minimum Gasteiger partial charge on any atom is -0.236 e. The van der Waals surface area contributed by atoms with Crippen LogP contribution in [0.5, 0.6) is 0 Å². The van der Waals surface area contributed by atoms with Crippen molar-refractivity contribution in [3.63, 3.8) is 0 Å². The van der Waals surface area contributed by atoms with Gasteiger partial charge in [-0.1, -0.05) is 8.44 Å². The summed E-state index contributed by atoms with van der Waals surface area (Å²) in [5.74, 6) is -0.314. The number of benzene rings is 1. The predicted octanol–water partition coefficient (Wildman–Crippen LogP) is -1.60. The van der Waals surface area contributed by atoms with E-state index in [2.05, 4.69) is 14.5 Å². The summed E-state index contributed by atoms with van der Waals surface area (Å²) in [4.78, 5) is 0. The molecule has 0 heterocycles. The Hall–Kier alpha value is 1.63. The van der Waals surface area contributed by atoms with Gasteiger partial charge in [0, 0.05) is 5.82 Å². The van der Waals surface area contributed by atoms with Gasteiger partial charge in [-0.05, 0) is 0 Å². The van der Waals surface area contributed by atoms with E-state index in [-0.39, 0.29) is 57.2 Å². The summed E-state index contributed by atoms with van der Waals surface area (Å²) in [6, 6.07) is 7.19. The van der Waals surface area contributed by atoms with Crippen LogP contribution in [0.25, 0.3) is 0 Å². The Morgan fingerprint density at radius 1 is 1.55 bits per heavy atom. The van der Waals surface area contributed by atoms with Gasteiger partial charge < -0.3 is 0 Å². The van der Waals surface area contributed by atoms with Crippen molar-refractivity contribution >= 4 is 31.7 Å². The second kappa shape index (κ2) is 7.07. The fourth-order valence-corrected chi connectivity index (χ4v) is 1.34. The molecule has 0 aliphatic carbocycles. The molecule has 1 atom stereocenters. The monoisotopic (exact) mass is 209 g/mol. The van der Waals surface area contributed by atoms with E-state index in [1.807, 2.05) is 6.56 Å². The van der Waals surface area contributed by atoms with E-state index in [0.717, 1.165) is 5.46 Å². The van der Waals surface area contributed by atoms with Crippen LogP contribution in [-0.2, 0) is 0 Å². The standard InChI is InChI=1S/C6H5BFPS.K/c8-6-3-1-5(2-4-6)7-10-9;/h1-3H,9H2;/q-1;+1. The van der Waals surface area contributed by atoms with E-state index in [4.69, 9.17) is 0 Å². The molecule has 0 saturated carbocycles. The van der Waals surface area contributed by atoms with Crippen LogP contribution >= 0.6 is 19.7 Å². The molecule has 0 aromatic heterocycles. The van der Waals surface area contributed by atoms with Gasteiger partial charge in [-0.2, -0.15) is 17.6 Å². The quantitative estimate of drug-likeness (QED) is 0.321. The normalized spacial score (nSPS) is 8.55. The molecule has 5 heteroatoms. The van der Waals surface area contributed by atoms with Crippen LogP contribution in [0.2, 0.25) is 0 Å². The first-order chi connectivity index (χ1) is 4.83. The first-order valence-corrected chi connectivity index (χ1v) is 5.04. The van der Waals surface area contributed by atoms with Gasteiger partial charge in [0.1, 0.15) is 0 Å². The Balaban J connectivity index is 0.000001000. The van der Waals surface area contributed by atoms with Crippen molar-refractivity contribution < 1.29 is 55.8 Å². The van der Waals surface area contributed by atoms with Gasteiger partial charge in [0.2, 0.25) is 0 Å². The zero-order chi connectivity index (χ0) is 7.40. The minimum absolute atomic E-state index is 0. The van der Waals surface area contributed by atoms with Gasteiger partial charge >= 0.3 is 51.4 Å². The molecule has 0 aliphatic heterocycles. The van der Waals surface area contributed by atoms with Crippen LogP contribution in [0.3, 0.4) is 0 Å². The van der Waals surface area contributed by atoms with Gasteiger partial charge in [-0.15, -0.1) is 12.1 Å². The van der Waals surface area contributed by atoms with Crippen molar-refractivity contribution in [2.24, 2.45) is 0 Å². The van der Waals surface area contributed by atoms with Crippen LogP contribution in [0.4, 0.5) is 4.39 Å². The molecule has 0 amide bonds. The molecule has 0 N–H and O–H groups in total. The molecule has 0 saturated heterocycles. The fourth-order valence-electron chi connectivity index (χ4n) is 0.570. The second-order valence-electron chi connectivity index (χ2n) is 1.72. The SMILES string of the molecule is Fc1[c-]cc([B]SP)cc1.[K+]. The summed E-state index contributed by atoms with van der Waals surface area (Å²) < 4.78 is 12.2. The van der Waals surface area contributed by atoms with Gasteiger partial charge in [0.05, 0.1) is 0 Å². The maximum atomic E-state index is 12.2. The molecular formula is C6H5BFKPS. The van der Waals surface area contributed by atoms with Gasteiger partial charge in [0.15, 0.2) is 6.56 Å². The average molecular weight is 209 g/mol. The van der Waals surface area contributed by atoms with E-state index in [1.54, 1.807) is 12.1 Å². The van der Waals surface area contributed by atoms with E-state index in [9.17, 15) is 4.39 Å². The van der Waals surface area contributed by atoms with Crippen LogP contribution in [-0.4, -0.2) is 6.56 Å². The molecule has 0 fully saturated rings. The third-order valence-corrected chi connectivity index (χ3v) is 1.82. The van der Waals surface area contributed by atoms with Crippen molar-refractivity contribution in [3.8, 4) is 0 Å². The van der Waals surface area contributed by atoms with Crippen LogP contribution in [0, 0.1) is 11.9 Å². The zero-order valence-electron chi connectivity index (χ0n) is 6.17. The molecule has 0 spiro atoms. The van der Waals surface area contributed by atoms with Crippen LogP contribution < -0.4 is 56.8 Å². The third-order valence-electron chi connectivity index (χ3n) is 1.00. The minimum atomic E-state index is -0.314. The first kappa shape index (κ1) is 12.6. The number of halogens is 1. The summed E-state index contributed by atoms with van der Waals surface area (Å²) in [5, 5.41) is 0. The van der Waals surface area contributed by atoms with Crippen molar-refractivity contribution in [3.05, 3.63) is 30.1 Å². The first-order valence-electron chi connectivity index (χ1n) is 2.69. The second-order valence-corrected chi connectivity index (χ2v) is 3.05. The molecule has 1 radical (unpaired) electrons. The Kier molecular flexibility index (Phi) is 8.12. The van der Waals surface area contributed by atoms with Crippen molar-refractivity contribution in [2.45, 2.75) is 0 Å². The summed E-state index contributed by atoms with van der Waals surface area (Å²) >= 11 is 1.51. The summed E-state index contributed by atoms with van der Waals surface area (Å²) in [6.07, 6.45) is 0. The Labute approximate surface area is 116 Å². The molecule has 0 nitrogen and oxygen atoms in total. The van der Waals surface area contributed by atoms with E-state index < -0.39 is 0 Å². The number of hydrogen-bond donors (Lipinski definition) is 0. The van der Waals surface area contributed by atoms with Gasteiger partial charge in [-0.3, -0.25) is 0 Å². The molecule has 11 heavy (non-hydrogen) atoms. The molecule has 1 unspecified atom stereocenters. The van der Waals surface area contributed by atoms with E-state index in [0.29, 0.717) is 0 Å². The number of rotatable bonds is 2. The Morgan fingerprint density at radius 3 is 2.73 bits per heavy atom. The molecule has 1 rings (SSSR count). The molecule has 0 aliphatic rings. The van der Waals surface area contributed by atoms with E-state index in [1.165, 1.54) is 17.3 Å². The smallest absolute Gasteiger partial charge is 0.236 e. The molecule has 1 aromatic carbocycles. The van der Waals surface area contributed by atoms with E-state index >= 15 is 0 Å². The maximum absolute atomic E-state index is 12.2. The fraction of sp³-hybridized carbons (Fsp3) is 0. The number of hydrogen-bond acceptors (Lipinski definition) is 1. The third kappa shape index (κ3) is 5.04. The maximum Gasteiger partial charge on any atom is 1.00 e. The van der Waals surface area contributed by atoms with Gasteiger partial charge in [0.25, 0.3) is 0 Å². The molecular weight excluding hydrogens is 204 g/mol. The zero-order valence-corrected chi connectivity index (χ0v) is 11.3. The van der Waals surface area contributed by atoms with Crippen molar-refractivity contribution in [1.29, 1.82) is 0 Å². The predicted molar refractivity (Wildman–Crippen MR) is 47.9 cm³/mol. The van der Waals surface area contributed by atoms with Crippen molar-refractivity contribution in [2.75, 3.05) is 0 Å². The Bertz CT molecular complexity index is 206. The molecule has 1 aromatic rings. The topological polar surface area (TPSA) is 0 Å². The largest absolute Gasteiger partial charge is 1.00 e. The molecule has 0 bridgehead atoms. The summed E-state index contributed by atoms with van der Waals surface area (Å²) in [7, 11) is 2.49. The van der Waals surface area contributed by atoms with Crippen molar-refractivity contribution in [1.82, 2.24) is 0 Å².